The number of hydrogen-bond acceptors (Lipinski definition) is 6. The lowest BCUT2D eigenvalue weighted by Gasteiger charge is -2.23. The third-order valence-corrected chi connectivity index (χ3v) is 6.13. The number of anilines is 1. The quantitative estimate of drug-likeness (QED) is 0.400. The van der Waals surface area contributed by atoms with Gasteiger partial charge in [0, 0.05) is 24.2 Å². The van der Waals surface area contributed by atoms with Gasteiger partial charge in [0.1, 0.15) is 5.65 Å². The maximum Gasteiger partial charge on any atom is 0.429 e. The number of sulfonamides is 1. The number of hydrogen-bond donors (Lipinski definition) is 1. The van der Waals surface area contributed by atoms with Crippen molar-refractivity contribution in [1.82, 2.24) is 19.4 Å². The number of imidazole rings is 1. The summed E-state index contributed by atoms with van der Waals surface area (Å²) in [5, 5.41) is 0. The van der Waals surface area contributed by atoms with Crippen molar-refractivity contribution in [1.29, 1.82) is 0 Å². The van der Waals surface area contributed by atoms with E-state index in [2.05, 4.69) is 19.7 Å². The van der Waals surface area contributed by atoms with Crippen LogP contribution in [-0.2, 0) is 10.0 Å². The van der Waals surface area contributed by atoms with Gasteiger partial charge in [-0.2, -0.15) is 13.2 Å². The second-order valence-electron chi connectivity index (χ2n) is 7.34. The van der Waals surface area contributed by atoms with E-state index in [4.69, 9.17) is 4.74 Å². The lowest BCUT2D eigenvalue weighted by Crippen LogP contribution is -2.27. The molecule has 0 radical (unpaired) electrons. The number of para-hydroxylation sites is 2. The van der Waals surface area contributed by atoms with Crippen LogP contribution in [0.4, 0.5) is 19.0 Å². The van der Waals surface area contributed by atoms with Crippen molar-refractivity contribution in [3.8, 4) is 5.88 Å². The molecule has 0 saturated heterocycles. The summed E-state index contributed by atoms with van der Waals surface area (Å²) < 4.78 is 76.0. The smallest absolute Gasteiger partial charge is 0.429 e. The van der Waals surface area contributed by atoms with Crippen molar-refractivity contribution in [3.63, 3.8) is 0 Å². The third-order valence-electron chi connectivity index (χ3n) is 4.80. The molecule has 0 aliphatic rings. The normalized spacial score (nSPS) is 13.3. The first-order chi connectivity index (χ1) is 15.7. The van der Waals surface area contributed by atoms with E-state index in [9.17, 15) is 21.6 Å². The molecule has 12 heteroatoms. The summed E-state index contributed by atoms with van der Waals surface area (Å²) in [5.74, 6) is -1.18. The highest BCUT2D eigenvalue weighted by atomic mass is 32.2. The van der Waals surface area contributed by atoms with E-state index in [-0.39, 0.29) is 16.8 Å². The number of halogens is 3. The molecular weight excluding hydrogens is 459 g/mol. The largest absolute Gasteiger partial charge is 0.457 e. The molecule has 1 N–H and O–H groups in total. The Morgan fingerprint density at radius 2 is 1.85 bits per heavy atom. The average molecular weight is 479 g/mol. The molecule has 1 atom stereocenters. The highest BCUT2D eigenvalue weighted by molar-refractivity contribution is 7.92. The van der Waals surface area contributed by atoms with E-state index < -0.39 is 34.0 Å². The summed E-state index contributed by atoms with van der Waals surface area (Å²) in [6, 6.07) is 9.10. The molecule has 3 heterocycles. The zero-order valence-electron chi connectivity index (χ0n) is 17.5. The fraction of sp³-hybridized carbons (Fsp3) is 0.286. The van der Waals surface area contributed by atoms with Crippen molar-refractivity contribution >= 4 is 32.5 Å². The van der Waals surface area contributed by atoms with Gasteiger partial charge in [-0.25, -0.2) is 23.4 Å². The predicted octanol–water partition coefficient (Wildman–Crippen LogP) is 4.50. The Morgan fingerprint density at radius 3 is 2.55 bits per heavy atom. The summed E-state index contributed by atoms with van der Waals surface area (Å²) in [6.07, 6.45) is -2.02. The summed E-state index contributed by atoms with van der Waals surface area (Å²) >= 11 is 0. The van der Waals surface area contributed by atoms with E-state index in [1.54, 1.807) is 24.3 Å². The van der Waals surface area contributed by atoms with Crippen molar-refractivity contribution in [3.05, 3.63) is 60.6 Å². The van der Waals surface area contributed by atoms with Gasteiger partial charge in [-0.3, -0.25) is 4.72 Å². The second-order valence-corrected chi connectivity index (χ2v) is 9.18. The summed E-state index contributed by atoms with van der Waals surface area (Å²) in [6.45, 7) is 1.82. The molecular formula is C21H20F3N5O3S. The molecule has 0 fully saturated rings. The minimum absolute atomic E-state index is 0.206. The summed E-state index contributed by atoms with van der Waals surface area (Å²) in [7, 11) is -3.87. The van der Waals surface area contributed by atoms with Crippen LogP contribution < -0.4 is 9.46 Å². The van der Waals surface area contributed by atoms with Gasteiger partial charge >= 0.3 is 6.18 Å². The van der Waals surface area contributed by atoms with Crippen LogP contribution in [0.2, 0.25) is 0 Å². The number of fused-ring (bicyclic) bond motifs is 2. The Labute approximate surface area is 187 Å². The molecule has 174 valence electrons. The highest BCUT2D eigenvalue weighted by Crippen LogP contribution is 2.38. The fourth-order valence-corrected chi connectivity index (χ4v) is 4.39. The average Bonchev–Trinajstić information content (AvgIpc) is 3.23. The fourth-order valence-electron chi connectivity index (χ4n) is 3.19. The number of alkyl halides is 3. The van der Waals surface area contributed by atoms with Gasteiger partial charge < -0.3 is 9.14 Å². The SMILES string of the molecule is CCCCS(=O)(=O)Nc1nc2ccccc2nc1OC(c1ccc2nccn2c1)C(F)(F)F. The van der Waals surface area contributed by atoms with Gasteiger partial charge in [-0.1, -0.05) is 25.5 Å². The zero-order valence-corrected chi connectivity index (χ0v) is 18.3. The second kappa shape index (κ2) is 8.85. The Hall–Kier alpha value is -3.41. The van der Waals surface area contributed by atoms with E-state index in [0.29, 0.717) is 24.0 Å². The zero-order chi connectivity index (χ0) is 23.6. The molecule has 0 aliphatic heterocycles. The van der Waals surface area contributed by atoms with Crippen LogP contribution in [0.25, 0.3) is 16.7 Å². The number of unbranched alkanes of at least 4 members (excludes halogenated alkanes) is 1. The standard InChI is InChI=1S/C21H20F3N5O3S/c1-2-3-12-33(30,31)28-19-20(27-16-7-5-4-6-15(16)26-19)32-18(21(22,23)24)14-8-9-17-25-10-11-29(17)13-14/h4-11,13,18H,2-3,12H2,1H3,(H,26,28). The molecule has 0 saturated carbocycles. The third kappa shape index (κ3) is 5.16. The molecule has 4 aromatic rings. The van der Waals surface area contributed by atoms with Crippen LogP contribution in [0.15, 0.2) is 55.0 Å². The van der Waals surface area contributed by atoms with Crippen LogP contribution >= 0.6 is 0 Å². The van der Waals surface area contributed by atoms with E-state index >= 15 is 0 Å². The van der Waals surface area contributed by atoms with Crippen molar-refractivity contribution < 1.29 is 26.3 Å². The topological polar surface area (TPSA) is 98.5 Å². The molecule has 1 unspecified atom stereocenters. The Morgan fingerprint density at radius 1 is 1.12 bits per heavy atom. The number of nitrogens with one attached hydrogen (secondary N) is 1. The number of rotatable bonds is 8. The van der Waals surface area contributed by atoms with Gasteiger partial charge in [-0.15, -0.1) is 0 Å². The Kier molecular flexibility index (Phi) is 6.11. The van der Waals surface area contributed by atoms with Crippen molar-refractivity contribution in [2.24, 2.45) is 0 Å². The van der Waals surface area contributed by atoms with Gasteiger partial charge in [0.2, 0.25) is 21.9 Å². The number of benzene rings is 1. The van der Waals surface area contributed by atoms with Crippen LogP contribution in [-0.4, -0.2) is 39.7 Å². The number of aromatic nitrogens is 4. The molecule has 0 aliphatic carbocycles. The number of ether oxygens (including phenoxy) is 1. The predicted molar refractivity (Wildman–Crippen MR) is 116 cm³/mol. The molecule has 3 aromatic heterocycles. The molecule has 4 rings (SSSR count). The molecule has 1 aromatic carbocycles. The number of nitrogens with zero attached hydrogens (tertiary/aromatic N) is 4. The maximum absolute atomic E-state index is 14.0. The maximum atomic E-state index is 14.0. The van der Waals surface area contributed by atoms with E-state index in [1.165, 1.54) is 35.1 Å². The first-order valence-electron chi connectivity index (χ1n) is 10.1. The van der Waals surface area contributed by atoms with Gasteiger partial charge in [0.25, 0.3) is 5.88 Å². The Bertz CT molecular complexity index is 1390. The lowest BCUT2D eigenvalue weighted by molar-refractivity contribution is -0.198. The van der Waals surface area contributed by atoms with Crippen LogP contribution in [0.3, 0.4) is 0 Å². The molecule has 33 heavy (non-hydrogen) atoms. The number of pyridine rings is 1. The van der Waals surface area contributed by atoms with Gasteiger partial charge in [-0.05, 0) is 30.7 Å². The first-order valence-corrected chi connectivity index (χ1v) is 11.7. The van der Waals surface area contributed by atoms with Crippen molar-refractivity contribution in [2.45, 2.75) is 32.0 Å². The van der Waals surface area contributed by atoms with Crippen LogP contribution in [0.1, 0.15) is 31.4 Å². The van der Waals surface area contributed by atoms with Crippen LogP contribution in [0.5, 0.6) is 5.88 Å². The molecule has 8 nitrogen and oxygen atoms in total. The van der Waals surface area contributed by atoms with E-state index in [1.807, 2.05) is 6.92 Å². The molecule has 0 amide bonds. The lowest BCUT2D eigenvalue weighted by atomic mass is 10.1. The minimum Gasteiger partial charge on any atom is -0.457 e. The Balaban J connectivity index is 1.78. The van der Waals surface area contributed by atoms with Crippen LogP contribution in [0, 0.1) is 0 Å². The molecule has 0 spiro atoms. The molecule has 0 bridgehead atoms. The van der Waals surface area contributed by atoms with E-state index in [0.717, 1.165) is 0 Å². The highest BCUT2D eigenvalue weighted by Gasteiger charge is 2.44. The first kappa shape index (κ1) is 22.8. The minimum atomic E-state index is -4.82. The monoisotopic (exact) mass is 479 g/mol. The van der Waals surface area contributed by atoms with Gasteiger partial charge in [0.15, 0.2) is 0 Å². The summed E-state index contributed by atoms with van der Waals surface area (Å²) in [4.78, 5) is 12.3. The summed E-state index contributed by atoms with van der Waals surface area (Å²) in [5.41, 5.74) is 0.828. The van der Waals surface area contributed by atoms with Gasteiger partial charge in [0.05, 0.1) is 16.8 Å². The van der Waals surface area contributed by atoms with Crippen molar-refractivity contribution in [2.75, 3.05) is 10.5 Å².